The molecule has 0 heterocycles. The summed E-state index contributed by atoms with van der Waals surface area (Å²) in [4.78, 5) is 12.1. The third-order valence-electron chi connectivity index (χ3n) is 2.24. The van der Waals surface area contributed by atoms with Gasteiger partial charge in [0, 0.05) is 17.7 Å². The number of nitrogens with two attached hydrogens (primary N) is 1. The number of thiocarbonyl (C=S) groups is 1. The van der Waals surface area contributed by atoms with Crippen LogP contribution in [0.2, 0.25) is 0 Å². The van der Waals surface area contributed by atoms with E-state index in [2.05, 4.69) is 11.6 Å². The van der Waals surface area contributed by atoms with E-state index in [9.17, 15) is 4.79 Å². The molecule has 3 N–H and O–H groups in total. The molecule has 0 spiro atoms. The van der Waals surface area contributed by atoms with Gasteiger partial charge in [-0.2, -0.15) is 11.8 Å². The Balaban J connectivity index is 2.49. The molecule has 5 heteroatoms. The van der Waals surface area contributed by atoms with Crippen LogP contribution in [-0.4, -0.2) is 29.4 Å². The maximum absolute atomic E-state index is 11.7. The van der Waals surface area contributed by atoms with Crippen LogP contribution in [0, 0.1) is 0 Å². The van der Waals surface area contributed by atoms with Crippen molar-refractivity contribution in [1.82, 2.24) is 5.32 Å². The number of rotatable bonds is 6. The molecule has 3 nitrogen and oxygen atoms in total. The lowest BCUT2D eigenvalue weighted by Crippen LogP contribution is -2.24. The van der Waals surface area contributed by atoms with Crippen molar-refractivity contribution in [1.29, 1.82) is 0 Å². The molecule has 0 aliphatic rings. The smallest absolute Gasteiger partial charge is 0.251 e. The molecule has 0 unspecified atom stereocenters. The van der Waals surface area contributed by atoms with E-state index in [0.29, 0.717) is 17.1 Å². The van der Waals surface area contributed by atoms with Gasteiger partial charge in [0.2, 0.25) is 0 Å². The van der Waals surface area contributed by atoms with E-state index in [1.54, 1.807) is 36.0 Å². The van der Waals surface area contributed by atoms with E-state index < -0.39 is 0 Å². The Hall–Kier alpha value is -1.07. The fourth-order valence-corrected chi connectivity index (χ4v) is 1.88. The lowest BCUT2D eigenvalue weighted by molar-refractivity contribution is 0.0954. The Labute approximate surface area is 111 Å². The van der Waals surface area contributed by atoms with Crippen LogP contribution < -0.4 is 11.1 Å². The standard InChI is InChI=1S/C12H16N2OS2/c1-17-8-2-7-14-12(15)10-5-3-9(4-6-10)11(13)16/h3-6H,2,7-8H2,1H3,(H2,13,16)(H,14,15). The molecule has 0 aliphatic carbocycles. The summed E-state index contributed by atoms with van der Waals surface area (Å²) < 4.78 is 0. The van der Waals surface area contributed by atoms with Gasteiger partial charge < -0.3 is 11.1 Å². The second-order valence-corrected chi connectivity index (χ2v) is 4.97. The highest BCUT2D eigenvalue weighted by Gasteiger charge is 2.04. The first-order chi connectivity index (χ1) is 8.15. The molecule has 0 bridgehead atoms. The average Bonchev–Trinajstić information content (AvgIpc) is 2.34. The van der Waals surface area contributed by atoms with Crippen LogP contribution >= 0.6 is 24.0 Å². The van der Waals surface area contributed by atoms with E-state index in [0.717, 1.165) is 17.7 Å². The zero-order valence-corrected chi connectivity index (χ0v) is 11.4. The largest absolute Gasteiger partial charge is 0.389 e. The highest BCUT2D eigenvalue weighted by atomic mass is 32.2. The van der Waals surface area contributed by atoms with Crippen LogP contribution in [0.15, 0.2) is 24.3 Å². The second-order valence-electron chi connectivity index (χ2n) is 3.54. The molecule has 1 rings (SSSR count). The predicted octanol–water partition coefficient (Wildman–Crippen LogP) is 1.80. The topological polar surface area (TPSA) is 55.1 Å². The average molecular weight is 268 g/mol. The second kappa shape index (κ2) is 7.29. The van der Waals surface area contributed by atoms with Gasteiger partial charge in [-0.1, -0.05) is 24.4 Å². The molecule has 0 atom stereocenters. The highest BCUT2D eigenvalue weighted by Crippen LogP contribution is 2.04. The van der Waals surface area contributed by atoms with Gasteiger partial charge in [-0.05, 0) is 30.6 Å². The van der Waals surface area contributed by atoms with Gasteiger partial charge in [0.25, 0.3) is 5.91 Å². The molecule has 0 aliphatic heterocycles. The monoisotopic (exact) mass is 268 g/mol. The summed E-state index contributed by atoms with van der Waals surface area (Å²) in [5, 5.41) is 2.87. The molecule has 92 valence electrons. The summed E-state index contributed by atoms with van der Waals surface area (Å²) in [7, 11) is 0. The van der Waals surface area contributed by atoms with Crippen molar-refractivity contribution < 1.29 is 4.79 Å². The number of carbonyl (C=O) groups excluding carboxylic acids is 1. The predicted molar refractivity (Wildman–Crippen MR) is 77.7 cm³/mol. The Morgan fingerprint density at radius 3 is 2.47 bits per heavy atom. The number of hydrogen-bond donors (Lipinski definition) is 2. The highest BCUT2D eigenvalue weighted by molar-refractivity contribution is 7.98. The first kappa shape index (κ1) is 14.0. The van der Waals surface area contributed by atoms with Gasteiger partial charge in [0.1, 0.15) is 4.99 Å². The zero-order valence-electron chi connectivity index (χ0n) is 9.73. The van der Waals surface area contributed by atoms with E-state index in [4.69, 9.17) is 18.0 Å². The van der Waals surface area contributed by atoms with Crippen LogP contribution in [0.25, 0.3) is 0 Å². The maximum atomic E-state index is 11.7. The minimum Gasteiger partial charge on any atom is -0.389 e. The number of carbonyl (C=O) groups is 1. The Morgan fingerprint density at radius 1 is 1.35 bits per heavy atom. The maximum Gasteiger partial charge on any atom is 0.251 e. The minimum atomic E-state index is -0.0550. The Bertz CT molecular complexity index is 390. The van der Waals surface area contributed by atoms with Gasteiger partial charge in [0.15, 0.2) is 0 Å². The van der Waals surface area contributed by atoms with Crippen LogP contribution in [-0.2, 0) is 0 Å². The summed E-state index contributed by atoms with van der Waals surface area (Å²) in [5.41, 5.74) is 6.89. The van der Waals surface area contributed by atoms with Crippen molar-refractivity contribution in [3.8, 4) is 0 Å². The van der Waals surface area contributed by atoms with Gasteiger partial charge in [-0.15, -0.1) is 0 Å². The number of amides is 1. The van der Waals surface area contributed by atoms with Crippen molar-refractivity contribution >= 4 is 34.9 Å². The van der Waals surface area contributed by atoms with E-state index in [1.165, 1.54) is 0 Å². The molecule has 1 aromatic rings. The van der Waals surface area contributed by atoms with E-state index in [1.807, 2.05) is 0 Å². The number of thioether (sulfide) groups is 1. The van der Waals surface area contributed by atoms with Crippen LogP contribution in [0.5, 0.6) is 0 Å². The van der Waals surface area contributed by atoms with Gasteiger partial charge in [-0.3, -0.25) is 4.79 Å². The molecule has 17 heavy (non-hydrogen) atoms. The molecule has 0 radical (unpaired) electrons. The molecule has 1 amide bonds. The van der Waals surface area contributed by atoms with Gasteiger partial charge in [-0.25, -0.2) is 0 Å². The van der Waals surface area contributed by atoms with Crippen LogP contribution in [0.1, 0.15) is 22.3 Å². The molecule has 0 saturated carbocycles. The van der Waals surface area contributed by atoms with E-state index in [-0.39, 0.29) is 5.91 Å². The molecule has 1 aromatic carbocycles. The SMILES string of the molecule is CSCCCNC(=O)c1ccc(C(N)=S)cc1. The molecule has 0 saturated heterocycles. The summed E-state index contributed by atoms with van der Waals surface area (Å²) in [6, 6.07) is 7.00. The van der Waals surface area contributed by atoms with Crippen molar-refractivity contribution in [3.63, 3.8) is 0 Å². The molecular weight excluding hydrogens is 252 g/mol. The summed E-state index contributed by atoms with van der Waals surface area (Å²) in [6.45, 7) is 0.705. The Kier molecular flexibility index (Phi) is 6.00. The number of nitrogens with one attached hydrogen (secondary N) is 1. The van der Waals surface area contributed by atoms with Crippen molar-refractivity contribution in [2.45, 2.75) is 6.42 Å². The lowest BCUT2D eigenvalue weighted by atomic mass is 10.1. The third-order valence-corrected chi connectivity index (χ3v) is 3.18. The van der Waals surface area contributed by atoms with Gasteiger partial charge in [0.05, 0.1) is 0 Å². The third kappa shape index (κ3) is 4.75. The van der Waals surface area contributed by atoms with Crippen molar-refractivity contribution in [3.05, 3.63) is 35.4 Å². The fraction of sp³-hybridized carbons (Fsp3) is 0.333. The van der Waals surface area contributed by atoms with Gasteiger partial charge >= 0.3 is 0 Å². The number of hydrogen-bond acceptors (Lipinski definition) is 3. The van der Waals surface area contributed by atoms with Crippen molar-refractivity contribution in [2.75, 3.05) is 18.6 Å². The quantitative estimate of drug-likeness (QED) is 0.610. The Morgan fingerprint density at radius 2 is 1.94 bits per heavy atom. The first-order valence-corrected chi connectivity index (χ1v) is 7.12. The van der Waals surface area contributed by atoms with Crippen LogP contribution in [0.3, 0.4) is 0 Å². The van der Waals surface area contributed by atoms with E-state index >= 15 is 0 Å². The van der Waals surface area contributed by atoms with Crippen LogP contribution in [0.4, 0.5) is 0 Å². The summed E-state index contributed by atoms with van der Waals surface area (Å²) in [6.07, 6.45) is 3.04. The lowest BCUT2D eigenvalue weighted by Gasteiger charge is -2.05. The number of benzene rings is 1. The summed E-state index contributed by atoms with van der Waals surface area (Å²) >= 11 is 6.62. The molecule has 0 aromatic heterocycles. The minimum absolute atomic E-state index is 0.0550. The normalized spacial score (nSPS) is 9.94. The molecule has 0 fully saturated rings. The zero-order chi connectivity index (χ0) is 12.7. The summed E-state index contributed by atoms with van der Waals surface area (Å²) in [5.74, 6) is 1.00. The van der Waals surface area contributed by atoms with Crippen molar-refractivity contribution in [2.24, 2.45) is 5.73 Å². The first-order valence-electron chi connectivity index (χ1n) is 5.32. The molecular formula is C12H16N2OS2. The fourth-order valence-electron chi connectivity index (χ4n) is 1.31.